The minimum absolute atomic E-state index is 0.0557. The van der Waals surface area contributed by atoms with E-state index < -0.39 is 0 Å². The molecular formula is C21H17ClN2O3. The molecule has 0 aliphatic carbocycles. The molecule has 1 aromatic heterocycles. The standard InChI is InChI=1S/C21H17ClN2O3/c1-12-10-23-11-14(20(25)18-15(22)6-7-17(27-12)19(18)23)21(26)24-9-8-13-4-2-3-5-16(13)24/h2-7,11-12H,8-10H2,1H3/t12-/m1/s1. The van der Waals surface area contributed by atoms with Crippen LogP contribution in [0, 0.1) is 0 Å². The number of carbonyl (C=O) groups is 1. The van der Waals surface area contributed by atoms with E-state index in [9.17, 15) is 9.59 Å². The van der Waals surface area contributed by atoms with Crippen molar-refractivity contribution in [3.63, 3.8) is 0 Å². The van der Waals surface area contributed by atoms with Crippen LogP contribution in [0.25, 0.3) is 10.9 Å². The number of aromatic nitrogens is 1. The average Bonchev–Trinajstić information content (AvgIpc) is 3.09. The molecule has 0 spiro atoms. The van der Waals surface area contributed by atoms with E-state index in [0.717, 1.165) is 17.7 Å². The van der Waals surface area contributed by atoms with Crippen molar-refractivity contribution in [1.29, 1.82) is 0 Å². The second-order valence-electron chi connectivity index (χ2n) is 7.06. The monoisotopic (exact) mass is 380 g/mol. The zero-order valence-corrected chi connectivity index (χ0v) is 15.5. The fourth-order valence-corrected chi connectivity index (χ4v) is 4.32. The summed E-state index contributed by atoms with van der Waals surface area (Å²) >= 11 is 6.35. The predicted molar refractivity (Wildman–Crippen MR) is 105 cm³/mol. The van der Waals surface area contributed by atoms with Gasteiger partial charge >= 0.3 is 0 Å². The molecule has 3 heterocycles. The largest absolute Gasteiger partial charge is 0.487 e. The minimum Gasteiger partial charge on any atom is -0.487 e. The molecule has 0 unspecified atom stereocenters. The molecule has 0 saturated heterocycles. The number of pyridine rings is 1. The molecule has 27 heavy (non-hydrogen) atoms. The van der Waals surface area contributed by atoms with Crippen molar-refractivity contribution in [2.24, 2.45) is 0 Å². The zero-order chi connectivity index (χ0) is 18.7. The molecule has 5 nitrogen and oxygen atoms in total. The van der Waals surface area contributed by atoms with E-state index in [1.54, 1.807) is 23.2 Å². The molecule has 0 radical (unpaired) electrons. The Morgan fingerprint density at radius 1 is 1.22 bits per heavy atom. The Morgan fingerprint density at radius 3 is 2.89 bits per heavy atom. The third-order valence-corrected chi connectivity index (χ3v) is 5.59. The molecule has 3 aromatic rings. The minimum atomic E-state index is -0.347. The number of anilines is 1. The van der Waals surface area contributed by atoms with Crippen LogP contribution < -0.4 is 15.1 Å². The summed E-state index contributed by atoms with van der Waals surface area (Å²) in [5.74, 6) is 0.340. The van der Waals surface area contributed by atoms with Crippen molar-refractivity contribution in [3.05, 3.63) is 69.0 Å². The third-order valence-electron chi connectivity index (χ3n) is 5.28. The highest BCUT2D eigenvalue weighted by Gasteiger charge is 2.30. The van der Waals surface area contributed by atoms with E-state index in [-0.39, 0.29) is 23.0 Å². The van der Waals surface area contributed by atoms with Gasteiger partial charge in [-0.15, -0.1) is 0 Å². The molecule has 5 rings (SSSR count). The lowest BCUT2D eigenvalue weighted by atomic mass is 10.1. The maximum absolute atomic E-state index is 13.3. The Balaban J connectivity index is 1.72. The van der Waals surface area contributed by atoms with Crippen molar-refractivity contribution in [2.45, 2.75) is 26.0 Å². The Labute approximate surface area is 160 Å². The molecule has 1 amide bonds. The number of rotatable bonds is 1. The van der Waals surface area contributed by atoms with Gasteiger partial charge < -0.3 is 14.2 Å². The summed E-state index contributed by atoms with van der Waals surface area (Å²) in [6, 6.07) is 11.2. The second kappa shape index (κ2) is 5.86. The number of fused-ring (bicyclic) bond motifs is 1. The van der Waals surface area contributed by atoms with E-state index in [2.05, 4.69) is 0 Å². The van der Waals surface area contributed by atoms with Gasteiger partial charge in [-0.2, -0.15) is 0 Å². The molecule has 2 aliphatic rings. The number of benzene rings is 2. The van der Waals surface area contributed by atoms with Crippen LogP contribution >= 0.6 is 11.6 Å². The normalized spacial score (nSPS) is 17.7. The highest BCUT2D eigenvalue weighted by Crippen LogP contribution is 2.34. The lowest BCUT2D eigenvalue weighted by Crippen LogP contribution is -2.35. The van der Waals surface area contributed by atoms with Crippen LogP contribution in [0.1, 0.15) is 22.8 Å². The topological polar surface area (TPSA) is 51.5 Å². The summed E-state index contributed by atoms with van der Waals surface area (Å²) in [7, 11) is 0. The highest BCUT2D eigenvalue weighted by atomic mass is 35.5. The first-order valence-corrected chi connectivity index (χ1v) is 9.34. The Bertz CT molecular complexity index is 1170. The lowest BCUT2D eigenvalue weighted by molar-refractivity contribution is 0.0987. The summed E-state index contributed by atoms with van der Waals surface area (Å²) < 4.78 is 7.76. The molecule has 0 fully saturated rings. The maximum atomic E-state index is 13.3. The van der Waals surface area contributed by atoms with Gasteiger partial charge in [-0.25, -0.2) is 0 Å². The van der Waals surface area contributed by atoms with Gasteiger partial charge in [0.05, 0.1) is 22.5 Å². The fraction of sp³-hybridized carbons (Fsp3) is 0.238. The Kier molecular flexibility index (Phi) is 3.56. The SMILES string of the molecule is C[C@@H]1Cn2cc(C(=O)N3CCc4ccccc43)c(=O)c3c(Cl)ccc(c32)O1. The van der Waals surface area contributed by atoms with Crippen LogP contribution in [0.5, 0.6) is 5.75 Å². The number of para-hydroxylation sites is 1. The Morgan fingerprint density at radius 2 is 2.04 bits per heavy atom. The molecule has 2 aliphatic heterocycles. The predicted octanol–water partition coefficient (Wildman–Crippen LogP) is 3.64. The summed E-state index contributed by atoms with van der Waals surface area (Å²) in [5, 5.41) is 0.682. The van der Waals surface area contributed by atoms with Crippen molar-refractivity contribution in [2.75, 3.05) is 11.4 Å². The molecule has 0 bridgehead atoms. The molecular weight excluding hydrogens is 364 g/mol. The summed E-state index contributed by atoms with van der Waals surface area (Å²) in [6.07, 6.45) is 2.39. The second-order valence-corrected chi connectivity index (χ2v) is 7.46. The number of halogens is 1. The van der Waals surface area contributed by atoms with Gasteiger partial charge in [-0.3, -0.25) is 9.59 Å². The molecule has 1 atom stereocenters. The maximum Gasteiger partial charge on any atom is 0.263 e. The molecule has 0 N–H and O–H groups in total. The van der Waals surface area contributed by atoms with E-state index in [4.69, 9.17) is 16.3 Å². The first kappa shape index (κ1) is 16.4. The summed E-state index contributed by atoms with van der Waals surface area (Å²) in [6.45, 7) is 3.09. The van der Waals surface area contributed by atoms with E-state index in [0.29, 0.717) is 34.8 Å². The number of hydrogen-bond acceptors (Lipinski definition) is 3. The van der Waals surface area contributed by atoms with Gasteiger partial charge in [0, 0.05) is 18.4 Å². The van der Waals surface area contributed by atoms with E-state index in [1.807, 2.05) is 35.8 Å². The number of nitrogens with zero attached hydrogens (tertiary/aromatic N) is 2. The van der Waals surface area contributed by atoms with Gasteiger partial charge in [-0.1, -0.05) is 29.8 Å². The molecule has 136 valence electrons. The number of hydrogen-bond donors (Lipinski definition) is 0. The van der Waals surface area contributed by atoms with Crippen LogP contribution in [0.15, 0.2) is 47.4 Å². The highest BCUT2D eigenvalue weighted by molar-refractivity contribution is 6.35. The fourth-order valence-electron chi connectivity index (χ4n) is 4.08. The van der Waals surface area contributed by atoms with Crippen LogP contribution in [0.3, 0.4) is 0 Å². The molecule has 2 aromatic carbocycles. The van der Waals surface area contributed by atoms with Crippen LogP contribution in [0.4, 0.5) is 5.69 Å². The quantitative estimate of drug-likeness (QED) is 0.647. The number of ether oxygens (including phenoxy) is 1. The van der Waals surface area contributed by atoms with Crippen molar-refractivity contribution >= 4 is 34.1 Å². The van der Waals surface area contributed by atoms with Crippen LogP contribution in [-0.4, -0.2) is 23.1 Å². The van der Waals surface area contributed by atoms with Crippen molar-refractivity contribution in [3.8, 4) is 5.75 Å². The first-order chi connectivity index (χ1) is 13.0. The van der Waals surface area contributed by atoms with E-state index in [1.165, 1.54) is 0 Å². The zero-order valence-electron chi connectivity index (χ0n) is 14.7. The molecule has 6 heteroatoms. The van der Waals surface area contributed by atoms with Gasteiger partial charge in [0.15, 0.2) is 0 Å². The van der Waals surface area contributed by atoms with E-state index >= 15 is 0 Å². The van der Waals surface area contributed by atoms with Gasteiger partial charge in [0.1, 0.15) is 17.4 Å². The number of carbonyl (C=O) groups excluding carboxylic acids is 1. The molecule has 0 saturated carbocycles. The Hall–Kier alpha value is -2.79. The van der Waals surface area contributed by atoms with Crippen molar-refractivity contribution in [1.82, 2.24) is 4.57 Å². The van der Waals surface area contributed by atoms with Crippen molar-refractivity contribution < 1.29 is 9.53 Å². The smallest absolute Gasteiger partial charge is 0.263 e. The van der Waals surface area contributed by atoms with Gasteiger partial charge in [0.25, 0.3) is 5.91 Å². The summed E-state index contributed by atoms with van der Waals surface area (Å²) in [4.78, 5) is 28.1. The summed E-state index contributed by atoms with van der Waals surface area (Å²) in [5.41, 5.74) is 2.45. The first-order valence-electron chi connectivity index (χ1n) is 8.96. The van der Waals surface area contributed by atoms with Crippen LogP contribution in [0.2, 0.25) is 5.02 Å². The van der Waals surface area contributed by atoms with Crippen LogP contribution in [-0.2, 0) is 13.0 Å². The van der Waals surface area contributed by atoms with Gasteiger partial charge in [-0.05, 0) is 37.1 Å². The third kappa shape index (κ3) is 2.38. The number of amides is 1. The average molecular weight is 381 g/mol. The van der Waals surface area contributed by atoms with Gasteiger partial charge in [0.2, 0.25) is 5.43 Å². The lowest BCUT2D eigenvalue weighted by Gasteiger charge is -2.27.